The average Bonchev–Trinajstić information content (AvgIpc) is 3.01. The van der Waals surface area contributed by atoms with Crippen LogP contribution >= 0.6 is 0 Å². The summed E-state index contributed by atoms with van der Waals surface area (Å²) in [6.45, 7) is 2.08. The standard InChI is InChI=1S/C15H24N4/c1-2-5-15(13(4-1)14-6-3-8-17-14)18-10-12-7-9-16-11-19-12/h7,9,11,13-15,17-18H,1-6,8,10H2. The maximum Gasteiger partial charge on any atom is 0.115 e. The molecule has 0 aromatic carbocycles. The second kappa shape index (κ2) is 6.44. The highest BCUT2D eigenvalue weighted by Crippen LogP contribution is 2.30. The van der Waals surface area contributed by atoms with Gasteiger partial charge in [0.2, 0.25) is 0 Å². The number of rotatable bonds is 4. The molecule has 1 saturated carbocycles. The first-order chi connectivity index (χ1) is 9.43. The average molecular weight is 260 g/mol. The quantitative estimate of drug-likeness (QED) is 0.868. The molecule has 104 valence electrons. The molecular formula is C15H24N4. The minimum Gasteiger partial charge on any atom is -0.314 e. The van der Waals surface area contributed by atoms with E-state index in [0.717, 1.165) is 24.2 Å². The topological polar surface area (TPSA) is 49.8 Å². The Morgan fingerprint density at radius 2 is 2.16 bits per heavy atom. The fourth-order valence-electron chi connectivity index (χ4n) is 3.63. The van der Waals surface area contributed by atoms with Gasteiger partial charge in [0, 0.05) is 24.8 Å². The maximum absolute atomic E-state index is 4.30. The molecule has 2 heterocycles. The van der Waals surface area contributed by atoms with Gasteiger partial charge in [-0.1, -0.05) is 12.8 Å². The van der Waals surface area contributed by atoms with Crippen molar-refractivity contribution in [2.75, 3.05) is 6.54 Å². The van der Waals surface area contributed by atoms with E-state index in [-0.39, 0.29) is 0 Å². The van der Waals surface area contributed by atoms with Gasteiger partial charge < -0.3 is 10.6 Å². The summed E-state index contributed by atoms with van der Waals surface area (Å²) in [6, 6.07) is 3.39. The molecule has 0 radical (unpaired) electrons. The summed E-state index contributed by atoms with van der Waals surface area (Å²) in [5.41, 5.74) is 1.10. The van der Waals surface area contributed by atoms with E-state index in [0.29, 0.717) is 6.04 Å². The Labute approximate surface area is 115 Å². The smallest absolute Gasteiger partial charge is 0.115 e. The zero-order valence-corrected chi connectivity index (χ0v) is 11.5. The van der Waals surface area contributed by atoms with Crippen LogP contribution in [0.5, 0.6) is 0 Å². The van der Waals surface area contributed by atoms with Gasteiger partial charge in [0.15, 0.2) is 0 Å². The number of hydrogen-bond donors (Lipinski definition) is 2. The third-order valence-electron chi connectivity index (χ3n) is 4.62. The van der Waals surface area contributed by atoms with E-state index in [1.807, 2.05) is 12.3 Å². The van der Waals surface area contributed by atoms with Crippen LogP contribution in [0.1, 0.15) is 44.2 Å². The summed E-state index contributed by atoms with van der Waals surface area (Å²) >= 11 is 0. The molecule has 2 N–H and O–H groups in total. The van der Waals surface area contributed by atoms with Crippen molar-refractivity contribution in [3.8, 4) is 0 Å². The van der Waals surface area contributed by atoms with Crippen LogP contribution in [-0.4, -0.2) is 28.6 Å². The van der Waals surface area contributed by atoms with E-state index in [1.54, 1.807) is 6.33 Å². The van der Waals surface area contributed by atoms with Gasteiger partial charge in [0.05, 0.1) is 5.69 Å². The molecule has 3 rings (SSSR count). The Morgan fingerprint density at radius 1 is 1.21 bits per heavy atom. The van der Waals surface area contributed by atoms with Crippen molar-refractivity contribution in [3.05, 3.63) is 24.3 Å². The minimum absolute atomic E-state index is 0.652. The Kier molecular flexibility index (Phi) is 4.41. The zero-order chi connectivity index (χ0) is 12.9. The van der Waals surface area contributed by atoms with Gasteiger partial charge >= 0.3 is 0 Å². The summed E-state index contributed by atoms with van der Waals surface area (Å²) < 4.78 is 0. The molecule has 2 fully saturated rings. The van der Waals surface area contributed by atoms with Crippen LogP contribution in [0.2, 0.25) is 0 Å². The number of nitrogens with one attached hydrogen (secondary N) is 2. The number of nitrogens with zero attached hydrogens (tertiary/aromatic N) is 2. The van der Waals surface area contributed by atoms with Gasteiger partial charge in [-0.15, -0.1) is 0 Å². The predicted octanol–water partition coefficient (Wildman–Crippen LogP) is 1.88. The van der Waals surface area contributed by atoms with E-state index >= 15 is 0 Å². The normalized spacial score (nSPS) is 31.5. The zero-order valence-electron chi connectivity index (χ0n) is 11.5. The van der Waals surface area contributed by atoms with Gasteiger partial charge in [0.1, 0.15) is 6.33 Å². The van der Waals surface area contributed by atoms with Crippen molar-refractivity contribution in [2.45, 2.75) is 57.2 Å². The molecular weight excluding hydrogens is 236 g/mol. The third-order valence-corrected chi connectivity index (χ3v) is 4.62. The lowest BCUT2D eigenvalue weighted by Crippen LogP contribution is -2.46. The van der Waals surface area contributed by atoms with Gasteiger partial charge in [-0.2, -0.15) is 0 Å². The highest BCUT2D eigenvalue weighted by molar-refractivity contribution is 4.99. The maximum atomic E-state index is 4.30. The molecule has 0 spiro atoms. The van der Waals surface area contributed by atoms with Crippen molar-refractivity contribution in [3.63, 3.8) is 0 Å². The van der Waals surface area contributed by atoms with Crippen LogP contribution in [0.25, 0.3) is 0 Å². The summed E-state index contributed by atoms with van der Waals surface area (Å²) in [6.07, 6.45) is 11.6. The second-order valence-electron chi connectivity index (χ2n) is 5.84. The molecule has 1 aromatic heterocycles. The largest absolute Gasteiger partial charge is 0.314 e. The summed E-state index contributed by atoms with van der Waals surface area (Å²) in [7, 11) is 0. The highest BCUT2D eigenvalue weighted by Gasteiger charge is 2.32. The first-order valence-electron chi connectivity index (χ1n) is 7.65. The molecule has 19 heavy (non-hydrogen) atoms. The van der Waals surface area contributed by atoms with E-state index in [9.17, 15) is 0 Å². The molecule has 1 aliphatic carbocycles. The molecule has 1 saturated heterocycles. The van der Waals surface area contributed by atoms with Crippen LogP contribution < -0.4 is 10.6 Å². The molecule has 2 aliphatic rings. The monoisotopic (exact) mass is 260 g/mol. The molecule has 1 aliphatic heterocycles. The molecule has 0 amide bonds. The first-order valence-corrected chi connectivity index (χ1v) is 7.65. The molecule has 4 nitrogen and oxygen atoms in total. The minimum atomic E-state index is 0.652. The van der Waals surface area contributed by atoms with Crippen molar-refractivity contribution >= 4 is 0 Å². The summed E-state index contributed by atoms with van der Waals surface area (Å²) in [4.78, 5) is 8.27. The lowest BCUT2D eigenvalue weighted by Gasteiger charge is -2.36. The Balaban J connectivity index is 1.57. The van der Waals surface area contributed by atoms with E-state index < -0.39 is 0 Å². The van der Waals surface area contributed by atoms with Crippen LogP contribution in [0.3, 0.4) is 0 Å². The van der Waals surface area contributed by atoms with E-state index in [4.69, 9.17) is 0 Å². The molecule has 1 aromatic rings. The molecule has 4 heteroatoms. The van der Waals surface area contributed by atoms with Gasteiger partial charge in [0.25, 0.3) is 0 Å². The summed E-state index contributed by atoms with van der Waals surface area (Å²) in [5.74, 6) is 0.804. The predicted molar refractivity (Wildman–Crippen MR) is 75.6 cm³/mol. The SMILES string of the molecule is c1cc(CNC2CCCCC2C2CCCN2)ncn1. The van der Waals surface area contributed by atoms with Crippen LogP contribution in [0, 0.1) is 5.92 Å². The van der Waals surface area contributed by atoms with Crippen molar-refractivity contribution in [1.82, 2.24) is 20.6 Å². The summed E-state index contributed by atoms with van der Waals surface area (Å²) in [5, 5.41) is 7.42. The van der Waals surface area contributed by atoms with Gasteiger partial charge in [-0.05, 0) is 44.2 Å². The van der Waals surface area contributed by atoms with E-state index in [1.165, 1.54) is 45.1 Å². The fourth-order valence-corrected chi connectivity index (χ4v) is 3.63. The van der Waals surface area contributed by atoms with Crippen molar-refractivity contribution < 1.29 is 0 Å². The number of aromatic nitrogens is 2. The van der Waals surface area contributed by atoms with Gasteiger partial charge in [-0.3, -0.25) is 0 Å². The lowest BCUT2D eigenvalue weighted by molar-refractivity contribution is 0.213. The fraction of sp³-hybridized carbons (Fsp3) is 0.733. The molecule has 3 unspecified atom stereocenters. The Hall–Kier alpha value is -1.00. The molecule has 0 bridgehead atoms. The number of hydrogen-bond acceptors (Lipinski definition) is 4. The van der Waals surface area contributed by atoms with E-state index in [2.05, 4.69) is 20.6 Å². The van der Waals surface area contributed by atoms with Crippen LogP contribution in [0.4, 0.5) is 0 Å². The highest BCUT2D eigenvalue weighted by atomic mass is 15.0. The van der Waals surface area contributed by atoms with Crippen molar-refractivity contribution in [2.24, 2.45) is 5.92 Å². The van der Waals surface area contributed by atoms with Crippen LogP contribution in [0.15, 0.2) is 18.6 Å². The second-order valence-corrected chi connectivity index (χ2v) is 5.84. The van der Waals surface area contributed by atoms with Gasteiger partial charge in [-0.25, -0.2) is 9.97 Å². The third kappa shape index (κ3) is 3.31. The molecule has 3 atom stereocenters. The first kappa shape index (κ1) is 13.0. The van der Waals surface area contributed by atoms with Crippen molar-refractivity contribution in [1.29, 1.82) is 0 Å². The van der Waals surface area contributed by atoms with Crippen LogP contribution in [-0.2, 0) is 6.54 Å². The Bertz CT molecular complexity index is 375. The Morgan fingerprint density at radius 3 is 2.95 bits per heavy atom. The lowest BCUT2D eigenvalue weighted by atomic mass is 9.79.